The number of nitrogens with zero attached hydrogens (tertiary/aromatic N) is 2. The molecule has 0 radical (unpaired) electrons. The molecule has 2 aromatic heterocycles. The van der Waals surface area contributed by atoms with E-state index >= 15 is 0 Å². The Morgan fingerprint density at radius 2 is 2.05 bits per heavy atom. The molecule has 1 N–H and O–H groups in total. The highest BCUT2D eigenvalue weighted by molar-refractivity contribution is 5.84. The summed E-state index contributed by atoms with van der Waals surface area (Å²) < 4.78 is 5.88. The predicted molar refractivity (Wildman–Crippen MR) is 76.7 cm³/mol. The van der Waals surface area contributed by atoms with Crippen molar-refractivity contribution in [1.29, 1.82) is 0 Å². The Hall–Kier alpha value is -2.46. The van der Waals surface area contributed by atoms with E-state index in [1.54, 1.807) is 18.3 Å². The maximum absolute atomic E-state index is 9.11. The summed E-state index contributed by atoms with van der Waals surface area (Å²) in [6, 6.07) is 13.3. The van der Waals surface area contributed by atoms with Crippen LogP contribution in [0.1, 0.15) is 11.4 Å². The number of aryl methyl sites for hydroxylation is 1. The van der Waals surface area contributed by atoms with Crippen LogP contribution in [-0.2, 0) is 6.61 Å². The largest absolute Gasteiger partial charge is 0.455 e. The van der Waals surface area contributed by atoms with Gasteiger partial charge in [-0.3, -0.25) is 4.98 Å². The summed E-state index contributed by atoms with van der Waals surface area (Å²) in [6.45, 7) is 1.84. The number of pyridine rings is 2. The third kappa shape index (κ3) is 2.46. The van der Waals surface area contributed by atoms with E-state index in [0.717, 1.165) is 16.6 Å². The zero-order valence-electron chi connectivity index (χ0n) is 11.1. The van der Waals surface area contributed by atoms with Crippen molar-refractivity contribution >= 4 is 10.9 Å². The average Bonchev–Trinajstić information content (AvgIpc) is 2.48. The summed E-state index contributed by atoms with van der Waals surface area (Å²) in [5.74, 6) is 1.33. The Morgan fingerprint density at radius 3 is 2.90 bits per heavy atom. The number of hydrogen-bond acceptors (Lipinski definition) is 4. The maximum atomic E-state index is 9.11. The molecule has 3 rings (SSSR count). The van der Waals surface area contributed by atoms with Gasteiger partial charge in [-0.15, -0.1) is 0 Å². The Bertz CT molecular complexity index is 756. The monoisotopic (exact) mass is 266 g/mol. The Morgan fingerprint density at radius 1 is 1.15 bits per heavy atom. The lowest BCUT2D eigenvalue weighted by Crippen LogP contribution is -1.92. The van der Waals surface area contributed by atoms with Gasteiger partial charge in [-0.2, -0.15) is 0 Å². The number of ether oxygens (including phenoxy) is 1. The summed E-state index contributed by atoms with van der Waals surface area (Å²) in [6.07, 6.45) is 1.62. The van der Waals surface area contributed by atoms with Gasteiger partial charge in [0.25, 0.3) is 0 Å². The van der Waals surface area contributed by atoms with Crippen LogP contribution < -0.4 is 4.74 Å². The standard InChI is InChI=1S/C16H14N2O2/c1-11-5-6-12-3-2-4-15(16(12)18-11)20-14-7-8-17-13(9-14)10-19/h2-9,19H,10H2,1H3. The van der Waals surface area contributed by atoms with E-state index in [1.807, 2.05) is 37.3 Å². The van der Waals surface area contributed by atoms with Crippen molar-refractivity contribution in [2.45, 2.75) is 13.5 Å². The van der Waals surface area contributed by atoms with Gasteiger partial charge in [0, 0.05) is 23.3 Å². The van der Waals surface area contributed by atoms with Crippen LogP contribution in [0.4, 0.5) is 0 Å². The summed E-state index contributed by atoms with van der Waals surface area (Å²) in [7, 11) is 0. The SMILES string of the molecule is Cc1ccc2cccc(Oc3ccnc(CO)c3)c2n1. The van der Waals surface area contributed by atoms with Crippen molar-refractivity contribution in [3.8, 4) is 11.5 Å². The van der Waals surface area contributed by atoms with E-state index in [0.29, 0.717) is 17.2 Å². The number of hydrogen-bond donors (Lipinski definition) is 1. The highest BCUT2D eigenvalue weighted by atomic mass is 16.5. The van der Waals surface area contributed by atoms with Crippen LogP contribution in [0.25, 0.3) is 10.9 Å². The van der Waals surface area contributed by atoms with Gasteiger partial charge in [-0.25, -0.2) is 4.98 Å². The maximum Gasteiger partial charge on any atom is 0.153 e. The summed E-state index contributed by atoms with van der Waals surface area (Å²) >= 11 is 0. The van der Waals surface area contributed by atoms with Crippen molar-refractivity contribution < 1.29 is 9.84 Å². The summed E-state index contributed by atoms with van der Waals surface area (Å²) in [5, 5.41) is 10.1. The first-order valence-electron chi connectivity index (χ1n) is 6.36. The number of rotatable bonds is 3. The summed E-state index contributed by atoms with van der Waals surface area (Å²) in [4.78, 5) is 8.55. The third-order valence-electron chi connectivity index (χ3n) is 3.00. The van der Waals surface area contributed by atoms with Crippen LogP contribution >= 0.6 is 0 Å². The number of benzene rings is 1. The molecular weight excluding hydrogens is 252 g/mol. The fourth-order valence-corrected chi connectivity index (χ4v) is 2.03. The first-order chi connectivity index (χ1) is 9.76. The van der Waals surface area contributed by atoms with E-state index in [4.69, 9.17) is 9.84 Å². The molecule has 0 amide bonds. The lowest BCUT2D eigenvalue weighted by Gasteiger charge is -2.09. The lowest BCUT2D eigenvalue weighted by atomic mass is 10.2. The molecule has 20 heavy (non-hydrogen) atoms. The molecule has 100 valence electrons. The molecule has 0 spiro atoms. The molecule has 0 unspecified atom stereocenters. The first-order valence-corrected chi connectivity index (χ1v) is 6.36. The first kappa shape index (κ1) is 12.6. The van der Waals surface area contributed by atoms with E-state index in [-0.39, 0.29) is 6.61 Å². The number of aromatic nitrogens is 2. The molecule has 0 aliphatic carbocycles. The van der Waals surface area contributed by atoms with Gasteiger partial charge < -0.3 is 9.84 Å². The molecule has 0 saturated heterocycles. The van der Waals surface area contributed by atoms with Crippen molar-refractivity contribution in [3.63, 3.8) is 0 Å². The Kier molecular flexibility index (Phi) is 3.31. The molecule has 0 bridgehead atoms. The smallest absolute Gasteiger partial charge is 0.153 e. The van der Waals surface area contributed by atoms with Crippen LogP contribution in [0.15, 0.2) is 48.7 Å². The zero-order valence-corrected chi connectivity index (χ0v) is 11.1. The third-order valence-corrected chi connectivity index (χ3v) is 3.00. The van der Waals surface area contributed by atoms with Gasteiger partial charge in [0.05, 0.1) is 12.3 Å². The molecule has 0 saturated carbocycles. The van der Waals surface area contributed by atoms with Gasteiger partial charge >= 0.3 is 0 Å². The fraction of sp³-hybridized carbons (Fsp3) is 0.125. The molecular formula is C16H14N2O2. The van der Waals surface area contributed by atoms with Gasteiger partial charge in [-0.1, -0.05) is 18.2 Å². The van der Waals surface area contributed by atoms with Crippen LogP contribution in [-0.4, -0.2) is 15.1 Å². The highest BCUT2D eigenvalue weighted by Crippen LogP contribution is 2.28. The van der Waals surface area contributed by atoms with Crippen molar-refractivity contribution in [3.05, 3.63) is 60.0 Å². The second-order valence-corrected chi connectivity index (χ2v) is 4.52. The number of fused-ring (bicyclic) bond motifs is 1. The minimum absolute atomic E-state index is 0.107. The van der Waals surface area contributed by atoms with Gasteiger partial charge in [0.2, 0.25) is 0 Å². The molecule has 3 aromatic rings. The molecule has 0 atom stereocenters. The number of aliphatic hydroxyl groups excluding tert-OH is 1. The van der Waals surface area contributed by atoms with E-state index in [1.165, 1.54) is 0 Å². The van der Waals surface area contributed by atoms with Crippen LogP contribution in [0.2, 0.25) is 0 Å². The molecule has 0 aliphatic rings. The Balaban J connectivity index is 2.03. The average molecular weight is 266 g/mol. The van der Waals surface area contributed by atoms with Crippen LogP contribution in [0.3, 0.4) is 0 Å². The number of para-hydroxylation sites is 1. The lowest BCUT2D eigenvalue weighted by molar-refractivity contribution is 0.276. The minimum atomic E-state index is -0.107. The summed E-state index contributed by atoms with van der Waals surface area (Å²) in [5.41, 5.74) is 2.35. The predicted octanol–water partition coefficient (Wildman–Crippen LogP) is 3.22. The van der Waals surface area contributed by atoms with Gasteiger partial charge in [0.1, 0.15) is 11.3 Å². The molecule has 0 aliphatic heterocycles. The quantitative estimate of drug-likeness (QED) is 0.790. The Labute approximate surface area is 116 Å². The van der Waals surface area contributed by atoms with Crippen LogP contribution in [0.5, 0.6) is 11.5 Å². The van der Waals surface area contributed by atoms with Crippen molar-refractivity contribution in [1.82, 2.24) is 9.97 Å². The molecule has 2 heterocycles. The van der Waals surface area contributed by atoms with Crippen LogP contribution in [0, 0.1) is 6.92 Å². The molecule has 4 heteroatoms. The van der Waals surface area contributed by atoms with E-state index < -0.39 is 0 Å². The molecule has 4 nitrogen and oxygen atoms in total. The number of aliphatic hydroxyl groups is 1. The minimum Gasteiger partial charge on any atom is -0.455 e. The van der Waals surface area contributed by atoms with Gasteiger partial charge in [-0.05, 0) is 25.1 Å². The van der Waals surface area contributed by atoms with Crippen molar-refractivity contribution in [2.75, 3.05) is 0 Å². The topological polar surface area (TPSA) is 55.2 Å². The zero-order chi connectivity index (χ0) is 13.9. The van der Waals surface area contributed by atoms with E-state index in [9.17, 15) is 0 Å². The van der Waals surface area contributed by atoms with E-state index in [2.05, 4.69) is 9.97 Å². The highest BCUT2D eigenvalue weighted by Gasteiger charge is 2.06. The van der Waals surface area contributed by atoms with Crippen molar-refractivity contribution in [2.24, 2.45) is 0 Å². The second-order valence-electron chi connectivity index (χ2n) is 4.52. The second kappa shape index (κ2) is 5.27. The molecule has 0 fully saturated rings. The normalized spacial score (nSPS) is 10.7. The van der Waals surface area contributed by atoms with Gasteiger partial charge in [0.15, 0.2) is 5.75 Å². The molecule has 1 aromatic carbocycles. The fourth-order valence-electron chi connectivity index (χ4n) is 2.03.